The van der Waals surface area contributed by atoms with Crippen molar-refractivity contribution in [3.8, 4) is 0 Å². The van der Waals surface area contributed by atoms with Gasteiger partial charge in [-0.25, -0.2) is 4.79 Å². The Morgan fingerprint density at radius 3 is 2.56 bits per heavy atom. The molecule has 6 nitrogen and oxygen atoms in total. The van der Waals surface area contributed by atoms with Crippen LogP contribution in [0.25, 0.3) is 0 Å². The lowest BCUT2D eigenvalue weighted by Gasteiger charge is -2.31. The molecule has 1 heterocycles. The van der Waals surface area contributed by atoms with Crippen molar-refractivity contribution in [3.63, 3.8) is 0 Å². The van der Waals surface area contributed by atoms with Gasteiger partial charge in [0.05, 0.1) is 0 Å². The second kappa shape index (κ2) is 4.34. The van der Waals surface area contributed by atoms with Gasteiger partial charge in [-0.1, -0.05) is 0 Å². The van der Waals surface area contributed by atoms with Gasteiger partial charge in [-0.15, -0.1) is 0 Å². The van der Waals surface area contributed by atoms with Crippen LogP contribution in [0.1, 0.15) is 13.8 Å². The number of carbonyl (C=O) groups is 2. The lowest BCUT2D eigenvalue weighted by molar-refractivity contribution is -0.155. The third-order valence-electron chi connectivity index (χ3n) is 2.59. The fraction of sp³-hybridized carbons (Fsp3) is 0.500. The van der Waals surface area contributed by atoms with E-state index in [1.165, 1.54) is 30.5 Å². The van der Waals surface area contributed by atoms with E-state index >= 15 is 0 Å². The normalized spacial score (nSPS) is 11.2. The van der Waals surface area contributed by atoms with E-state index in [9.17, 15) is 9.59 Å². The Morgan fingerprint density at radius 2 is 2.12 bits per heavy atom. The zero-order valence-electron chi connectivity index (χ0n) is 9.54. The van der Waals surface area contributed by atoms with E-state index in [0.29, 0.717) is 0 Å². The van der Waals surface area contributed by atoms with E-state index in [1.807, 2.05) is 0 Å². The molecule has 0 spiro atoms. The van der Waals surface area contributed by atoms with Crippen LogP contribution in [-0.2, 0) is 16.1 Å². The van der Waals surface area contributed by atoms with E-state index in [4.69, 9.17) is 5.11 Å². The van der Waals surface area contributed by atoms with Crippen molar-refractivity contribution in [2.24, 2.45) is 0 Å². The molecule has 0 atom stereocenters. The van der Waals surface area contributed by atoms with Gasteiger partial charge in [0.1, 0.15) is 12.1 Å². The van der Waals surface area contributed by atoms with Crippen LogP contribution >= 0.6 is 0 Å². The Kier molecular flexibility index (Phi) is 3.31. The lowest BCUT2D eigenvalue weighted by Crippen LogP contribution is -2.51. The molecule has 1 rings (SSSR count). The average Bonchev–Trinajstić information content (AvgIpc) is 2.68. The maximum atomic E-state index is 11.8. The van der Waals surface area contributed by atoms with Crippen LogP contribution in [0.5, 0.6) is 0 Å². The van der Waals surface area contributed by atoms with E-state index in [-0.39, 0.29) is 12.5 Å². The van der Waals surface area contributed by atoms with Gasteiger partial charge in [-0.05, 0) is 19.9 Å². The van der Waals surface area contributed by atoms with E-state index < -0.39 is 11.5 Å². The molecule has 0 radical (unpaired) electrons. The molecule has 1 N–H and O–H groups in total. The van der Waals surface area contributed by atoms with Crippen LogP contribution in [0.4, 0.5) is 0 Å². The number of amides is 1. The third kappa shape index (κ3) is 2.39. The van der Waals surface area contributed by atoms with Gasteiger partial charge in [-0.3, -0.25) is 9.48 Å². The Bertz CT molecular complexity index is 384. The maximum absolute atomic E-state index is 11.8. The van der Waals surface area contributed by atoms with E-state index in [0.717, 1.165) is 0 Å². The van der Waals surface area contributed by atoms with Gasteiger partial charge < -0.3 is 10.0 Å². The highest BCUT2D eigenvalue weighted by atomic mass is 16.4. The third-order valence-corrected chi connectivity index (χ3v) is 2.59. The first kappa shape index (κ1) is 12.2. The van der Waals surface area contributed by atoms with Crippen molar-refractivity contribution >= 4 is 11.9 Å². The minimum absolute atomic E-state index is 0.0419. The largest absolute Gasteiger partial charge is 0.480 e. The summed E-state index contributed by atoms with van der Waals surface area (Å²) in [6.45, 7) is 3.01. The molecule has 1 aromatic heterocycles. The standard InChI is InChI=1S/C10H15N3O3/c1-10(2,9(15)16)12(3)8(14)7-13-6-4-5-11-13/h4-6H,7H2,1-3H3,(H,15,16). The SMILES string of the molecule is CN(C(=O)Cn1cccn1)C(C)(C)C(=O)O. The molecule has 88 valence electrons. The van der Waals surface area contributed by atoms with Crippen molar-refractivity contribution in [2.75, 3.05) is 7.05 Å². The number of carboxylic acids is 1. The van der Waals surface area contributed by atoms with Gasteiger partial charge in [0.2, 0.25) is 5.91 Å². The van der Waals surface area contributed by atoms with Gasteiger partial charge in [0, 0.05) is 19.4 Å². The van der Waals surface area contributed by atoms with Gasteiger partial charge in [0.15, 0.2) is 0 Å². The topological polar surface area (TPSA) is 75.4 Å². The zero-order valence-corrected chi connectivity index (χ0v) is 9.54. The number of hydrogen-bond acceptors (Lipinski definition) is 3. The fourth-order valence-corrected chi connectivity index (χ4v) is 1.09. The number of nitrogens with zero attached hydrogens (tertiary/aromatic N) is 3. The molecule has 0 unspecified atom stereocenters. The summed E-state index contributed by atoms with van der Waals surface area (Å²) < 4.78 is 1.46. The molecule has 0 bridgehead atoms. The number of carboxylic acid groups (broad SMARTS) is 1. The first-order chi connectivity index (χ1) is 7.35. The summed E-state index contributed by atoms with van der Waals surface area (Å²) in [6, 6.07) is 1.70. The van der Waals surface area contributed by atoms with Crippen LogP contribution < -0.4 is 0 Å². The molecule has 1 amide bonds. The average molecular weight is 225 g/mol. The number of carbonyl (C=O) groups excluding carboxylic acids is 1. The van der Waals surface area contributed by atoms with Crippen LogP contribution in [0, 0.1) is 0 Å². The smallest absolute Gasteiger partial charge is 0.329 e. The van der Waals surface area contributed by atoms with Crippen molar-refractivity contribution in [1.29, 1.82) is 0 Å². The molecule has 0 saturated heterocycles. The van der Waals surface area contributed by atoms with Crippen LogP contribution in [0.2, 0.25) is 0 Å². The Hall–Kier alpha value is -1.85. The second-order valence-corrected chi connectivity index (χ2v) is 4.02. The molecular formula is C10H15N3O3. The summed E-state index contributed by atoms with van der Waals surface area (Å²) in [4.78, 5) is 23.9. The maximum Gasteiger partial charge on any atom is 0.329 e. The summed E-state index contributed by atoms with van der Waals surface area (Å²) in [6.07, 6.45) is 3.22. The number of aromatic nitrogens is 2. The minimum Gasteiger partial charge on any atom is -0.480 e. The van der Waals surface area contributed by atoms with Crippen LogP contribution in [0.15, 0.2) is 18.5 Å². The monoisotopic (exact) mass is 225 g/mol. The fourth-order valence-electron chi connectivity index (χ4n) is 1.09. The van der Waals surface area contributed by atoms with Crippen molar-refractivity contribution in [3.05, 3.63) is 18.5 Å². The van der Waals surface area contributed by atoms with Crippen molar-refractivity contribution < 1.29 is 14.7 Å². The number of rotatable bonds is 4. The van der Waals surface area contributed by atoms with Gasteiger partial charge in [-0.2, -0.15) is 5.10 Å². The van der Waals surface area contributed by atoms with Gasteiger partial charge >= 0.3 is 5.97 Å². The molecule has 0 saturated carbocycles. The highest BCUT2D eigenvalue weighted by Gasteiger charge is 2.35. The summed E-state index contributed by atoms with van der Waals surface area (Å²) in [7, 11) is 1.47. The molecule has 0 aliphatic carbocycles. The minimum atomic E-state index is -1.22. The Morgan fingerprint density at radius 1 is 1.50 bits per heavy atom. The van der Waals surface area contributed by atoms with Crippen molar-refractivity contribution in [1.82, 2.24) is 14.7 Å². The molecule has 1 aromatic rings. The summed E-state index contributed by atoms with van der Waals surface area (Å²) >= 11 is 0. The molecule has 16 heavy (non-hydrogen) atoms. The predicted octanol–water partition coefficient (Wildman–Crippen LogP) is 0.205. The zero-order chi connectivity index (χ0) is 12.3. The Labute approximate surface area is 93.5 Å². The van der Waals surface area contributed by atoms with E-state index in [1.54, 1.807) is 18.5 Å². The molecule has 0 aliphatic heterocycles. The van der Waals surface area contributed by atoms with Gasteiger partial charge in [0.25, 0.3) is 0 Å². The Balaban J connectivity index is 2.71. The van der Waals surface area contributed by atoms with E-state index in [2.05, 4.69) is 5.10 Å². The quantitative estimate of drug-likeness (QED) is 0.794. The molecule has 0 aromatic carbocycles. The molecule has 0 fully saturated rings. The summed E-state index contributed by atoms with van der Waals surface area (Å²) in [5, 5.41) is 12.9. The molecule has 6 heteroatoms. The second-order valence-electron chi connectivity index (χ2n) is 4.02. The summed E-state index contributed by atoms with van der Waals surface area (Å²) in [5.41, 5.74) is -1.22. The predicted molar refractivity (Wildman–Crippen MR) is 56.7 cm³/mol. The summed E-state index contributed by atoms with van der Waals surface area (Å²) in [5.74, 6) is -1.33. The highest BCUT2D eigenvalue weighted by molar-refractivity contribution is 5.86. The molecule has 0 aliphatic rings. The van der Waals surface area contributed by atoms with Crippen LogP contribution in [0.3, 0.4) is 0 Å². The number of likely N-dealkylation sites (N-methyl/N-ethyl adjacent to an activating group) is 1. The van der Waals surface area contributed by atoms with Crippen LogP contribution in [-0.4, -0.2) is 44.3 Å². The first-order valence-corrected chi connectivity index (χ1v) is 4.83. The first-order valence-electron chi connectivity index (χ1n) is 4.83. The lowest BCUT2D eigenvalue weighted by atomic mass is 10.0. The molecular weight excluding hydrogens is 210 g/mol. The number of hydrogen-bond donors (Lipinski definition) is 1. The van der Waals surface area contributed by atoms with Crippen molar-refractivity contribution in [2.45, 2.75) is 25.9 Å². The highest BCUT2D eigenvalue weighted by Crippen LogP contribution is 2.12. The number of aliphatic carboxylic acids is 1.